The van der Waals surface area contributed by atoms with Crippen LogP contribution in [0, 0.1) is 12.8 Å². The maximum atomic E-state index is 12.0. The summed E-state index contributed by atoms with van der Waals surface area (Å²) >= 11 is 6.02. The topological polar surface area (TPSA) is 41.1 Å². The van der Waals surface area contributed by atoms with Crippen molar-refractivity contribution in [2.75, 3.05) is 18.4 Å². The number of hydrogen-bond donors (Lipinski definition) is 2. The largest absolute Gasteiger partial charge is 0.326 e. The van der Waals surface area contributed by atoms with Gasteiger partial charge < -0.3 is 10.6 Å². The van der Waals surface area contributed by atoms with Gasteiger partial charge in [-0.15, -0.1) is 12.4 Å². The van der Waals surface area contributed by atoms with Crippen LogP contribution in [0.2, 0.25) is 5.02 Å². The Balaban J connectivity index is 0.00000162. The third kappa shape index (κ3) is 3.87. The number of amides is 1. The van der Waals surface area contributed by atoms with Gasteiger partial charge in [-0.05, 0) is 44.0 Å². The molecule has 1 aromatic rings. The number of rotatable bonds is 2. The van der Waals surface area contributed by atoms with Crippen molar-refractivity contribution in [1.82, 2.24) is 5.32 Å². The molecule has 0 unspecified atom stereocenters. The number of hydrogen-bond acceptors (Lipinski definition) is 2. The van der Waals surface area contributed by atoms with Crippen LogP contribution < -0.4 is 10.6 Å². The average molecular weight is 289 g/mol. The van der Waals surface area contributed by atoms with Gasteiger partial charge >= 0.3 is 0 Å². The standard InChI is InChI=1S/C13H17ClN2O.ClH/c1-9-4-5-11(7-12(9)14)16-13(17)10-3-2-6-15-8-10;/h4-5,7,10,15H,2-3,6,8H2,1H3,(H,16,17);1H/t10-;/m1./s1. The second-order valence-electron chi connectivity index (χ2n) is 4.50. The zero-order valence-corrected chi connectivity index (χ0v) is 11.9. The van der Waals surface area contributed by atoms with E-state index in [0.717, 1.165) is 37.2 Å². The van der Waals surface area contributed by atoms with Crippen molar-refractivity contribution in [3.63, 3.8) is 0 Å². The molecule has 0 bridgehead atoms. The third-order valence-electron chi connectivity index (χ3n) is 3.11. The summed E-state index contributed by atoms with van der Waals surface area (Å²) in [5.74, 6) is 0.154. The fourth-order valence-electron chi connectivity index (χ4n) is 1.99. The molecule has 5 heteroatoms. The van der Waals surface area contributed by atoms with Crippen LogP contribution in [0.1, 0.15) is 18.4 Å². The first-order chi connectivity index (χ1) is 8.16. The summed E-state index contributed by atoms with van der Waals surface area (Å²) in [7, 11) is 0. The van der Waals surface area contributed by atoms with E-state index >= 15 is 0 Å². The highest BCUT2D eigenvalue weighted by atomic mass is 35.5. The molecule has 1 heterocycles. The van der Waals surface area contributed by atoms with Crippen LogP contribution in [-0.4, -0.2) is 19.0 Å². The van der Waals surface area contributed by atoms with Gasteiger partial charge in [-0.1, -0.05) is 17.7 Å². The summed E-state index contributed by atoms with van der Waals surface area (Å²) in [6.45, 7) is 3.73. The van der Waals surface area contributed by atoms with Crippen molar-refractivity contribution in [2.45, 2.75) is 19.8 Å². The molecule has 0 aromatic heterocycles. The molecule has 0 saturated carbocycles. The number of carbonyl (C=O) groups excluding carboxylic acids is 1. The lowest BCUT2D eigenvalue weighted by Crippen LogP contribution is -2.37. The van der Waals surface area contributed by atoms with Gasteiger partial charge in [0, 0.05) is 17.3 Å². The van der Waals surface area contributed by atoms with Crippen LogP contribution in [0.4, 0.5) is 5.69 Å². The van der Waals surface area contributed by atoms with Crippen LogP contribution in [0.15, 0.2) is 18.2 Å². The molecule has 0 radical (unpaired) electrons. The Hall–Kier alpha value is -0.770. The van der Waals surface area contributed by atoms with Crippen molar-refractivity contribution in [3.05, 3.63) is 28.8 Å². The zero-order valence-electron chi connectivity index (χ0n) is 10.3. The second-order valence-corrected chi connectivity index (χ2v) is 4.90. The quantitative estimate of drug-likeness (QED) is 0.878. The van der Waals surface area contributed by atoms with E-state index in [-0.39, 0.29) is 24.2 Å². The van der Waals surface area contributed by atoms with Gasteiger partial charge in [-0.2, -0.15) is 0 Å². The lowest BCUT2D eigenvalue weighted by atomic mass is 9.99. The van der Waals surface area contributed by atoms with E-state index in [4.69, 9.17) is 11.6 Å². The average Bonchev–Trinajstić information content (AvgIpc) is 2.35. The van der Waals surface area contributed by atoms with Gasteiger partial charge in [0.15, 0.2) is 0 Å². The van der Waals surface area contributed by atoms with E-state index in [1.807, 2.05) is 19.1 Å². The molecule has 0 spiro atoms. The SMILES string of the molecule is Cc1ccc(NC(=O)[C@@H]2CCCNC2)cc1Cl.Cl. The molecule has 3 nitrogen and oxygen atoms in total. The number of anilines is 1. The Morgan fingerprint density at radius 1 is 1.50 bits per heavy atom. The zero-order chi connectivity index (χ0) is 12.3. The monoisotopic (exact) mass is 288 g/mol. The van der Waals surface area contributed by atoms with Crippen molar-refractivity contribution < 1.29 is 4.79 Å². The van der Waals surface area contributed by atoms with E-state index in [0.29, 0.717) is 5.02 Å². The molecule has 1 amide bonds. The van der Waals surface area contributed by atoms with E-state index in [1.54, 1.807) is 6.07 Å². The number of halogens is 2. The van der Waals surface area contributed by atoms with Crippen LogP contribution in [-0.2, 0) is 4.79 Å². The summed E-state index contributed by atoms with van der Waals surface area (Å²) in [5.41, 5.74) is 1.79. The van der Waals surface area contributed by atoms with E-state index in [2.05, 4.69) is 10.6 Å². The highest BCUT2D eigenvalue weighted by molar-refractivity contribution is 6.31. The minimum atomic E-state index is 0. The maximum Gasteiger partial charge on any atom is 0.228 e. The van der Waals surface area contributed by atoms with E-state index < -0.39 is 0 Å². The number of piperidine rings is 1. The van der Waals surface area contributed by atoms with Crippen LogP contribution in [0.5, 0.6) is 0 Å². The summed E-state index contributed by atoms with van der Waals surface area (Å²) in [6, 6.07) is 5.59. The molecule has 1 aliphatic heterocycles. The van der Waals surface area contributed by atoms with Gasteiger partial charge in [-0.25, -0.2) is 0 Å². The summed E-state index contributed by atoms with van der Waals surface area (Å²) in [6.07, 6.45) is 2.02. The van der Waals surface area contributed by atoms with Gasteiger partial charge in [0.2, 0.25) is 5.91 Å². The van der Waals surface area contributed by atoms with Crippen molar-refractivity contribution in [3.8, 4) is 0 Å². The van der Waals surface area contributed by atoms with E-state index in [1.165, 1.54) is 0 Å². The molecular formula is C13H18Cl2N2O. The lowest BCUT2D eigenvalue weighted by Gasteiger charge is -2.22. The smallest absolute Gasteiger partial charge is 0.228 e. The maximum absolute atomic E-state index is 12.0. The molecule has 18 heavy (non-hydrogen) atoms. The van der Waals surface area contributed by atoms with Gasteiger partial charge in [0.1, 0.15) is 0 Å². The van der Waals surface area contributed by atoms with Crippen molar-refractivity contribution in [2.24, 2.45) is 5.92 Å². The second kappa shape index (κ2) is 6.98. The van der Waals surface area contributed by atoms with Gasteiger partial charge in [-0.3, -0.25) is 4.79 Å². The number of benzene rings is 1. The molecule has 2 N–H and O–H groups in total. The predicted octanol–water partition coefficient (Wildman–Crippen LogP) is 3.01. The number of nitrogens with one attached hydrogen (secondary N) is 2. The Morgan fingerprint density at radius 2 is 2.28 bits per heavy atom. The first-order valence-electron chi connectivity index (χ1n) is 5.94. The van der Waals surface area contributed by atoms with E-state index in [9.17, 15) is 4.79 Å². The highest BCUT2D eigenvalue weighted by Gasteiger charge is 2.20. The number of aryl methyl sites for hydroxylation is 1. The fraction of sp³-hybridized carbons (Fsp3) is 0.462. The molecular weight excluding hydrogens is 271 g/mol. The minimum Gasteiger partial charge on any atom is -0.326 e. The minimum absolute atomic E-state index is 0. The highest BCUT2D eigenvalue weighted by Crippen LogP contribution is 2.21. The molecule has 100 valence electrons. The van der Waals surface area contributed by atoms with Crippen molar-refractivity contribution in [1.29, 1.82) is 0 Å². The van der Waals surface area contributed by atoms with Crippen LogP contribution in [0.3, 0.4) is 0 Å². The molecule has 1 aliphatic rings. The Labute approximate surface area is 119 Å². The molecule has 1 aromatic carbocycles. The van der Waals surface area contributed by atoms with Crippen LogP contribution in [0.25, 0.3) is 0 Å². The Morgan fingerprint density at radius 3 is 2.89 bits per heavy atom. The summed E-state index contributed by atoms with van der Waals surface area (Å²) in [5, 5.41) is 6.84. The first-order valence-corrected chi connectivity index (χ1v) is 6.32. The Bertz CT molecular complexity index is 417. The predicted molar refractivity (Wildman–Crippen MR) is 77.7 cm³/mol. The third-order valence-corrected chi connectivity index (χ3v) is 3.51. The summed E-state index contributed by atoms with van der Waals surface area (Å²) in [4.78, 5) is 12.0. The summed E-state index contributed by atoms with van der Waals surface area (Å²) < 4.78 is 0. The Kier molecular flexibility index (Phi) is 5.93. The van der Waals surface area contributed by atoms with Gasteiger partial charge in [0.25, 0.3) is 0 Å². The molecule has 2 rings (SSSR count). The lowest BCUT2D eigenvalue weighted by molar-refractivity contribution is -0.120. The van der Waals surface area contributed by atoms with Gasteiger partial charge in [0.05, 0.1) is 5.92 Å². The number of carbonyl (C=O) groups is 1. The normalized spacial score (nSPS) is 18.9. The van der Waals surface area contributed by atoms with Crippen molar-refractivity contribution >= 4 is 35.6 Å². The fourth-order valence-corrected chi connectivity index (χ4v) is 2.17. The molecule has 1 fully saturated rings. The van der Waals surface area contributed by atoms with Crippen LogP contribution >= 0.6 is 24.0 Å². The molecule has 1 atom stereocenters. The molecule has 1 saturated heterocycles. The molecule has 0 aliphatic carbocycles. The first kappa shape index (κ1) is 15.3.